The van der Waals surface area contributed by atoms with Crippen molar-refractivity contribution in [1.82, 2.24) is 0 Å². The van der Waals surface area contributed by atoms with Crippen molar-refractivity contribution in [1.29, 1.82) is 5.26 Å². The minimum atomic E-state index is -1.86. The molecule has 0 aliphatic heterocycles. The van der Waals surface area contributed by atoms with Gasteiger partial charge in [0, 0.05) is 6.92 Å². The van der Waals surface area contributed by atoms with Gasteiger partial charge in [-0.3, -0.25) is 0 Å². The molecule has 3 rings (SSSR count). The van der Waals surface area contributed by atoms with Gasteiger partial charge in [0.1, 0.15) is 11.2 Å². The van der Waals surface area contributed by atoms with E-state index in [-0.39, 0.29) is 12.4 Å². The first-order valence-electron chi connectivity index (χ1n) is 5.75. The quantitative estimate of drug-likeness (QED) is 0.625. The van der Waals surface area contributed by atoms with Crippen LogP contribution < -0.4 is 26.3 Å². The van der Waals surface area contributed by atoms with E-state index < -0.39 is 6.62 Å². The fraction of sp³-hybridized carbons (Fsp3) is 0.0714. The Morgan fingerprint density at radius 2 is 1.19 bits per heavy atom. The molecule has 0 saturated carbocycles. The van der Waals surface area contributed by atoms with Crippen molar-refractivity contribution in [3.63, 3.8) is 0 Å². The Labute approximate surface area is 148 Å². The van der Waals surface area contributed by atoms with Crippen LogP contribution in [0.4, 0.5) is 0 Å². The van der Waals surface area contributed by atoms with Crippen LogP contribution in [0.2, 0.25) is 0 Å². The second-order valence-corrected chi connectivity index (χ2v) is 11.6. The molecular weight excluding hydrogens is 380 g/mol. The number of nitrogens with zero attached hydrogens (tertiary/aromatic N) is 1. The monoisotopic (exact) mass is 391 g/mol. The number of hydrogen-bond acceptors (Lipinski definition) is 4. The molecule has 3 aromatic heterocycles. The summed E-state index contributed by atoms with van der Waals surface area (Å²) < 4.78 is 3.89. The zero-order valence-electron chi connectivity index (χ0n) is 11.1. The van der Waals surface area contributed by atoms with Crippen LogP contribution in [0.15, 0.2) is 52.5 Å². The van der Waals surface area contributed by atoms with Crippen LogP contribution >= 0.6 is 51.9 Å². The molecule has 1 nitrogen and oxygen atoms in total. The van der Waals surface area contributed by atoms with E-state index in [0.717, 1.165) is 0 Å². The Kier molecular flexibility index (Phi) is 7.90. The van der Waals surface area contributed by atoms with E-state index in [9.17, 15) is 0 Å². The summed E-state index contributed by atoms with van der Waals surface area (Å²) in [6.07, 6.45) is 0. The zero-order valence-corrected chi connectivity index (χ0v) is 15.9. The number of nitriles is 1. The van der Waals surface area contributed by atoms with Gasteiger partial charge < -0.3 is 12.4 Å². The molecule has 0 aliphatic carbocycles. The average Bonchev–Trinajstić information content (AvgIpc) is 3.19. The van der Waals surface area contributed by atoms with E-state index in [4.69, 9.17) is 16.5 Å². The lowest BCUT2D eigenvalue weighted by molar-refractivity contribution is -0.00000390. The third kappa shape index (κ3) is 4.07. The molecule has 0 N–H and O–H groups in total. The zero-order chi connectivity index (χ0) is 14.4. The van der Waals surface area contributed by atoms with Gasteiger partial charge in [0.25, 0.3) is 0 Å². The Morgan fingerprint density at radius 1 is 0.905 bits per heavy atom. The van der Waals surface area contributed by atoms with Gasteiger partial charge in [0.15, 0.2) is 13.9 Å². The van der Waals surface area contributed by atoms with Gasteiger partial charge in [-0.15, -0.1) is 34.0 Å². The number of halogens is 2. The Bertz CT molecular complexity index is 574. The van der Waals surface area contributed by atoms with Crippen molar-refractivity contribution in [2.45, 2.75) is 6.92 Å². The molecule has 0 radical (unpaired) electrons. The summed E-state index contributed by atoms with van der Waals surface area (Å²) in [6.45, 7) is -0.425. The Hall–Kier alpha value is -0.400. The third-order valence-corrected chi connectivity index (χ3v) is 12.7. The standard InChI is InChI=1S/C12H9ClPS3.C2H3N.ClH/c13-14(10-4-1-7-15-10,11-5-2-8-16-11)12-6-3-9-17-12;1-2-3;/h1-9H;1H3;1H/q+1;;/p-1. The molecule has 0 unspecified atom stereocenters. The molecule has 3 aromatic rings. The van der Waals surface area contributed by atoms with Gasteiger partial charge >= 0.3 is 0 Å². The first-order chi connectivity index (χ1) is 9.73. The van der Waals surface area contributed by atoms with Crippen LogP contribution in [0.1, 0.15) is 6.92 Å². The predicted octanol–water partition coefficient (Wildman–Crippen LogP) is 1.85. The molecule has 0 aliphatic rings. The highest BCUT2D eigenvalue weighted by molar-refractivity contribution is 8.20. The first kappa shape index (κ1) is 18.6. The number of hydrogen-bond donors (Lipinski definition) is 0. The molecule has 3 heterocycles. The summed E-state index contributed by atoms with van der Waals surface area (Å²) in [5, 5.41) is 13.6. The maximum Gasteiger partial charge on any atom is 0.241 e. The van der Waals surface area contributed by atoms with Crippen LogP contribution in [-0.2, 0) is 0 Å². The molecule has 0 fully saturated rings. The molecular formula is C14H12Cl2NPS3. The molecule has 0 saturated heterocycles. The van der Waals surface area contributed by atoms with E-state index in [0.29, 0.717) is 0 Å². The highest BCUT2D eigenvalue weighted by Crippen LogP contribution is 2.63. The van der Waals surface area contributed by atoms with Gasteiger partial charge in [-0.05, 0) is 52.5 Å². The van der Waals surface area contributed by atoms with E-state index in [1.165, 1.54) is 20.8 Å². The van der Waals surface area contributed by atoms with E-state index in [1.54, 1.807) is 40.1 Å². The summed E-state index contributed by atoms with van der Waals surface area (Å²) in [6, 6.07) is 14.5. The lowest BCUT2D eigenvalue weighted by Gasteiger charge is -2.12. The topological polar surface area (TPSA) is 23.8 Å². The van der Waals surface area contributed by atoms with Crippen molar-refractivity contribution in [3.8, 4) is 6.07 Å². The van der Waals surface area contributed by atoms with Gasteiger partial charge in [-0.25, -0.2) is 0 Å². The molecule has 0 aromatic carbocycles. The molecule has 0 bridgehead atoms. The lowest BCUT2D eigenvalue weighted by atomic mass is 10.7. The smallest absolute Gasteiger partial charge is 0.241 e. The molecule has 0 spiro atoms. The van der Waals surface area contributed by atoms with E-state index >= 15 is 0 Å². The molecule has 0 atom stereocenters. The second kappa shape index (κ2) is 8.90. The lowest BCUT2D eigenvalue weighted by Crippen LogP contribution is -3.00. The van der Waals surface area contributed by atoms with Crippen molar-refractivity contribution in [3.05, 3.63) is 52.5 Å². The Morgan fingerprint density at radius 3 is 1.38 bits per heavy atom. The maximum absolute atomic E-state index is 7.32. The van der Waals surface area contributed by atoms with Crippen LogP contribution in [0, 0.1) is 11.3 Å². The Balaban J connectivity index is 0.000000510. The fourth-order valence-electron chi connectivity index (χ4n) is 1.66. The van der Waals surface area contributed by atoms with Crippen LogP contribution in [0.5, 0.6) is 0 Å². The third-order valence-electron chi connectivity index (χ3n) is 2.43. The van der Waals surface area contributed by atoms with Gasteiger partial charge in [0.05, 0.1) is 6.07 Å². The van der Waals surface area contributed by atoms with Gasteiger partial charge in [-0.2, -0.15) is 5.26 Å². The minimum Gasteiger partial charge on any atom is -1.00 e. The second-order valence-electron chi connectivity index (χ2n) is 3.67. The minimum absolute atomic E-state index is 0. The van der Waals surface area contributed by atoms with E-state index in [1.807, 2.05) is 0 Å². The largest absolute Gasteiger partial charge is 1.00 e. The summed E-state index contributed by atoms with van der Waals surface area (Å²) in [4.78, 5) is 0. The maximum atomic E-state index is 7.32. The van der Waals surface area contributed by atoms with E-state index in [2.05, 4.69) is 52.5 Å². The van der Waals surface area contributed by atoms with Crippen molar-refractivity contribution >= 4 is 65.7 Å². The molecule has 7 heteroatoms. The highest BCUT2D eigenvalue weighted by atomic mass is 35.7. The SMILES string of the molecule is CC#N.Cl[P+](c1cccs1)(c1cccs1)c1cccs1.[Cl-]. The normalized spacial score (nSPS) is 9.95. The van der Waals surface area contributed by atoms with Gasteiger partial charge in [0.2, 0.25) is 6.62 Å². The van der Waals surface area contributed by atoms with Crippen LogP contribution in [0.25, 0.3) is 0 Å². The number of thiophene rings is 3. The summed E-state index contributed by atoms with van der Waals surface area (Å²) in [5.74, 6) is 0. The van der Waals surface area contributed by atoms with Gasteiger partial charge in [-0.1, -0.05) is 0 Å². The first-order valence-corrected chi connectivity index (χ1v) is 11.1. The van der Waals surface area contributed by atoms with Crippen molar-refractivity contribution < 1.29 is 12.4 Å². The van der Waals surface area contributed by atoms with Crippen molar-refractivity contribution in [2.24, 2.45) is 0 Å². The summed E-state index contributed by atoms with van der Waals surface area (Å²) in [7, 11) is 0. The van der Waals surface area contributed by atoms with Crippen LogP contribution in [0.3, 0.4) is 0 Å². The predicted molar refractivity (Wildman–Crippen MR) is 95.9 cm³/mol. The molecule has 0 amide bonds. The highest BCUT2D eigenvalue weighted by Gasteiger charge is 2.47. The van der Waals surface area contributed by atoms with Crippen LogP contribution in [-0.4, -0.2) is 0 Å². The fourth-order valence-corrected chi connectivity index (χ4v) is 10.7. The molecule has 110 valence electrons. The average molecular weight is 392 g/mol. The summed E-state index contributed by atoms with van der Waals surface area (Å²) in [5.41, 5.74) is 0. The number of rotatable bonds is 3. The summed E-state index contributed by atoms with van der Waals surface area (Å²) >= 11 is 12.4. The molecule has 21 heavy (non-hydrogen) atoms. The van der Waals surface area contributed by atoms with Crippen molar-refractivity contribution in [2.75, 3.05) is 0 Å².